The van der Waals surface area contributed by atoms with Gasteiger partial charge in [-0.25, -0.2) is 4.68 Å². The van der Waals surface area contributed by atoms with E-state index in [1.807, 2.05) is 37.3 Å². The Hall–Kier alpha value is -4.04. The fraction of sp³-hybridized carbons (Fsp3) is 0.0870. The monoisotopic (exact) mass is 443 g/mol. The summed E-state index contributed by atoms with van der Waals surface area (Å²) >= 11 is 6.38. The van der Waals surface area contributed by atoms with Crippen LogP contribution in [0.4, 0.5) is 11.6 Å². The van der Waals surface area contributed by atoms with E-state index in [0.717, 1.165) is 5.56 Å². The third-order valence-corrected chi connectivity index (χ3v) is 5.48. The molecule has 1 aliphatic rings. The van der Waals surface area contributed by atoms with Crippen molar-refractivity contribution >= 4 is 29.1 Å². The van der Waals surface area contributed by atoms with Crippen LogP contribution in [0, 0.1) is 0 Å². The highest BCUT2D eigenvalue weighted by atomic mass is 35.5. The van der Waals surface area contributed by atoms with Gasteiger partial charge in [-0.3, -0.25) is 14.8 Å². The van der Waals surface area contributed by atoms with Crippen LogP contribution >= 0.6 is 11.6 Å². The van der Waals surface area contributed by atoms with Crippen LogP contribution in [-0.4, -0.2) is 30.6 Å². The number of nitrogens with one attached hydrogen (secondary N) is 2. The predicted octanol–water partition coefficient (Wildman–Crippen LogP) is 4.32. The molecule has 158 valence electrons. The van der Waals surface area contributed by atoms with Crippen LogP contribution in [0.5, 0.6) is 0 Å². The minimum atomic E-state index is -0.505. The number of benzene rings is 1. The maximum Gasteiger partial charge on any atom is 0.255 e. The molecule has 4 heterocycles. The summed E-state index contributed by atoms with van der Waals surface area (Å²) in [4.78, 5) is 26.2. The number of nitrogens with zero attached hydrogens (tertiary/aromatic N) is 5. The lowest BCUT2D eigenvalue weighted by molar-refractivity contribution is -0.113. The van der Waals surface area contributed by atoms with E-state index in [1.54, 1.807) is 47.7 Å². The summed E-state index contributed by atoms with van der Waals surface area (Å²) < 4.78 is 1.71. The van der Waals surface area contributed by atoms with Gasteiger partial charge in [0, 0.05) is 29.9 Å². The smallest absolute Gasteiger partial charge is 0.255 e. The van der Waals surface area contributed by atoms with Gasteiger partial charge in [0.1, 0.15) is 6.04 Å². The maximum absolute atomic E-state index is 13.4. The first-order chi connectivity index (χ1) is 15.6. The lowest BCUT2D eigenvalue weighted by atomic mass is 9.96. The number of halogens is 1. The molecule has 9 heteroatoms. The average Bonchev–Trinajstić information content (AvgIpc) is 3.23. The third-order valence-electron chi connectivity index (χ3n) is 5.15. The summed E-state index contributed by atoms with van der Waals surface area (Å²) in [6.07, 6.45) is 6.63. The Morgan fingerprint density at radius 2 is 1.88 bits per heavy atom. The molecular formula is C23H18ClN7O. The van der Waals surface area contributed by atoms with Crippen molar-refractivity contribution in [3.63, 3.8) is 0 Å². The minimum absolute atomic E-state index is 0.259. The van der Waals surface area contributed by atoms with E-state index in [4.69, 9.17) is 16.7 Å². The Morgan fingerprint density at radius 3 is 2.62 bits per heavy atom. The van der Waals surface area contributed by atoms with Crippen molar-refractivity contribution in [1.29, 1.82) is 0 Å². The van der Waals surface area contributed by atoms with Gasteiger partial charge in [0.05, 0.1) is 22.5 Å². The van der Waals surface area contributed by atoms with Crippen LogP contribution in [0.15, 0.2) is 84.6 Å². The highest BCUT2D eigenvalue weighted by molar-refractivity contribution is 6.33. The quantitative estimate of drug-likeness (QED) is 0.487. The Bertz CT molecular complexity index is 1320. The van der Waals surface area contributed by atoms with E-state index >= 15 is 0 Å². The Morgan fingerprint density at radius 1 is 1.06 bits per heavy atom. The average molecular weight is 444 g/mol. The number of hydrogen-bond acceptors (Lipinski definition) is 6. The van der Waals surface area contributed by atoms with Crippen LogP contribution in [0.3, 0.4) is 0 Å². The summed E-state index contributed by atoms with van der Waals surface area (Å²) in [5, 5.41) is 11.4. The SMILES string of the molecule is CC1=C(C(=O)Nc2cccnc2)C(c2ccncc2)n2nc(-c3ccccc3Cl)nc2N1. The van der Waals surface area contributed by atoms with E-state index in [0.29, 0.717) is 39.3 Å². The first-order valence-corrected chi connectivity index (χ1v) is 10.3. The number of aromatic nitrogens is 5. The molecule has 32 heavy (non-hydrogen) atoms. The number of carbonyl (C=O) groups excluding carboxylic acids is 1. The van der Waals surface area contributed by atoms with E-state index in [9.17, 15) is 4.79 Å². The molecule has 1 atom stereocenters. The molecule has 0 bridgehead atoms. The topological polar surface area (TPSA) is 97.6 Å². The van der Waals surface area contributed by atoms with Gasteiger partial charge >= 0.3 is 0 Å². The van der Waals surface area contributed by atoms with Crippen molar-refractivity contribution in [2.75, 3.05) is 10.6 Å². The van der Waals surface area contributed by atoms with E-state index in [2.05, 4.69) is 25.6 Å². The Balaban J connectivity index is 1.61. The number of hydrogen-bond donors (Lipinski definition) is 2. The van der Waals surface area contributed by atoms with E-state index in [-0.39, 0.29) is 5.91 Å². The van der Waals surface area contributed by atoms with Crippen molar-refractivity contribution in [1.82, 2.24) is 24.7 Å². The molecule has 0 saturated heterocycles. The highest BCUT2D eigenvalue weighted by Crippen LogP contribution is 2.37. The van der Waals surface area contributed by atoms with Gasteiger partial charge in [0.15, 0.2) is 5.82 Å². The fourth-order valence-corrected chi connectivity index (χ4v) is 3.91. The lowest BCUT2D eigenvalue weighted by Crippen LogP contribution is -2.31. The summed E-state index contributed by atoms with van der Waals surface area (Å²) in [5.74, 6) is 0.737. The molecule has 5 rings (SSSR count). The zero-order valence-electron chi connectivity index (χ0n) is 17.0. The number of carbonyl (C=O) groups is 1. The number of rotatable bonds is 4. The van der Waals surface area contributed by atoms with Crippen LogP contribution in [0.25, 0.3) is 11.4 Å². The van der Waals surface area contributed by atoms with Gasteiger partial charge in [-0.1, -0.05) is 23.7 Å². The van der Waals surface area contributed by atoms with Crippen LogP contribution in [0.1, 0.15) is 18.5 Å². The summed E-state index contributed by atoms with van der Waals surface area (Å²) in [7, 11) is 0. The molecule has 1 amide bonds. The maximum atomic E-state index is 13.4. The van der Waals surface area contributed by atoms with Gasteiger partial charge in [-0.05, 0) is 48.9 Å². The Labute approximate surface area is 189 Å². The molecule has 3 aromatic heterocycles. The van der Waals surface area contributed by atoms with Crippen molar-refractivity contribution in [2.24, 2.45) is 0 Å². The molecule has 0 aliphatic carbocycles. The first kappa shape index (κ1) is 19.9. The summed E-state index contributed by atoms with van der Waals surface area (Å²) in [6, 6.07) is 14.2. The molecule has 1 aliphatic heterocycles. The number of pyridine rings is 2. The zero-order chi connectivity index (χ0) is 22.1. The first-order valence-electron chi connectivity index (χ1n) is 9.92. The van der Waals surface area contributed by atoms with Crippen LogP contribution < -0.4 is 10.6 Å². The lowest BCUT2D eigenvalue weighted by Gasteiger charge is -2.28. The molecule has 0 spiro atoms. The van der Waals surface area contributed by atoms with Crippen molar-refractivity contribution in [2.45, 2.75) is 13.0 Å². The van der Waals surface area contributed by atoms with Gasteiger partial charge in [0.25, 0.3) is 5.91 Å². The predicted molar refractivity (Wildman–Crippen MR) is 122 cm³/mol. The number of anilines is 2. The highest BCUT2D eigenvalue weighted by Gasteiger charge is 2.34. The van der Waals surface area contributed by atoms with Crippen LogP contribution in [-0.2, 0) is 4.79 Å². The molecule has 1 aromatic carbocycles. The third kappa shape index (κ3) is 3.61. The minimum Gasteiger partial charge on any atom is -0.328 e. The molecule has 8 nitrogen and oxygen atoms in total. The van der Waals surface area contributed by atoms with Gasteiger partial charge in [-0.2, -0.15) is 4.98 Å². The molecular weight excluding hydrogens is 426 g/mol. The molecule has 1 unspecified atom stereocenters. The molecule has 2 N–H and O–H groups in total. The Kier molecular flexibility index (Phi) is 5.12. The molecule has 4 aromatic rings. The molecule has 0 saturated carbocycles. The second-order valence-electron chi connectivity index (χ2n) is 7.23. The number of allylic oxidation sites excluding steroid dienone is 1. The van der Waals surface area contributed by atoms with Gasteiger partial charge in [0.2, 0.25) is 5.95 Å². The van der Waals surface area contributed by atoms with Crippen LogP contribution in [0.2, 0.25) is 5.02 Å². The van der Waals surface area contributed by atoms with Crippen molar-refractivity contribution in [3.8, 4) is 11.4 Å². The molecule has 0 radical (unpaired) electrons. The van der Waals surface area contributed by atoms with E-state index in [1.165, 1.54) is 0 Å². The molecule has 0 fully saturated rings. The second kappa shape index (κ2) is 8.24. The van der Waals surface area contributed by atoms with Gasteiger partial charge in [-0.15, -0.1) is 5.10 Å². The number of amides is 1. The van der Waals surface area contributed by atoms with Gasteiger partial charge < -0.3 is 10.6 Å². The zero-order valence-corrected chi connectivity index (χ0v) is 17.8. The standard InChI is InChI=1S/C23H18ClN7O/c1-14-19(22(32)28-16-5-4-10-26-13-16)20(15-8-11-25-12-9-15)31-23(27-14)29-21(30-31)17-6-2-3-7-18(17)24/h2-13,20H,1H3,(H,28,32)(H,27,29,30). The summed E-state index contributed by atoms with van der Waals surface area (Å²) in [6.45, 7) is 1.85. The summed E-state index contributed by atoms with van der Waals surface area (Å²) in [5.41, 5.74) is 3.37. The second-order valence-corrected chi connectivity index (χ2v) is 7.63. The van der Waals surface area contributed by atoms with Crippen molar-refractivity contribution < 1.29 is 4.79 Å². The number of fused-ring (bicyclic) bond motifs is 1. The fourth-order valence-electron chi connectivity index (χ4n) is 3.69. The largest absolute Gasteiger partial charge is 0.328 e. The normalized spacial score (nSPS) is 15.1. The van der Waals surface area contributed by atoms with E-state index < -0.39 is 6.04 Å². The van der Waals surface area contributed by atoms with Crippen molar-refractivity contribution in [3.05, 3.63) is 95.2 Å².